The molecule has 2 rings (SSSR count). The Morgan fingerprint density at radius 3 is 2.68 bits per heavy atom. The van der Waals surface area contributed by atoms with Crippen LogP contribution in [0.15, 0.2) is 4.99 Å². The Morgan fingerprint density at radius 2 is 2.05 bits per heavy atom. The molecule has 0 aliphatic heterocycles. The molecule has 0 spiro atoms. The Hall–Kier alpha value is 0.310. The van der Waals surface area contributed by atoms with Gasteiger partial charge in [0.1, 0.15) is 0 Å². The second kappa shape index (κ2) is 11.0. The highest BCUT2D eigenvalue weighted by atomic mass is 127. The highest BCUT2D eigenvalue weighted by Gasteiger charge is 2.26. The maximum absolute atomic E-state index is 9.90. The van der Waals surface area contributed by atoms with Crippen LogP contribution in [0.3, 0.4) is 0 Å². The van der Waals surface area contributed by atoms with Crippen molar-refractivity contribution in [2.24, 2.45) is 10.9 Å². The van der Waals surface area contributed by atoms with E-state index in [-0.39, 0.29) is 30.1 Å². The molecule has 4 nitrogen and oxygen atoms in total. The first-order valence-corrected chi connectivity index (χ1v) is 9.62. The summed E-state index contributed by atoms with van der Waals surface area (Å²) in [6.07, 6.45) is 6.86. The SMILES string of the molecule is CCNC(=NCC1CCCC1O)NC1CCC(SCC)C1.I. The molecule has 0 aromatic carbocycles. The van der Waals surface area contributed by atoms with Crippen molar-refractivity contribution < 1.29 is 5.11 Å². The van der Waals surface area contributed by atoms with Gasteiger partial charge in [0.05, 0.1) is 6.10 Å². The van der Waals surface area contributed by atoms with Gasteiger partial charge in [-0.3, -0.25) is 4.99 Å². The third-order valence-corrected chi connectivity index (χ3v) is 5.81. The van der Waals surface area contributed by atoms with Crippen LogP contribution in [0.1, 0.15) is 52.4 Å². The van der Waals surface area contributed by atoms with Gasteiger partial charge in [-0.1, -0.05) is 13.3 Å². The third-order valence-electron chi connectivity index (χ3n) is 4.57. The number of hydrogen-bond acceptors (Lipinski definition) is 3. The van der Waals surface area contributed by atoms with E-state index in [0.29, 0.717) is 12.0 Å². The van der Waals surface area contributed by atoms with E-state index in [4.69, 9.17) is 4.99 Å². The number of rotatable bonds is 6. The van der Waals surface area contributed by atoms with Crippen LogP contribution >= 0.6 is 35.7 Å². The van der Waals surface area contributed by atoms with Crippen molar-refractivity contribution in [3.05, 3.63) is 0 Å². The number of guanidine groups is 1. The number of aliphatic hydroxyl groups is 1. The maximum atomic E-state index is 9.90. The van der Waals surface area contributed by atoms with Crippen LogP contribution in [-0.2, 0) is 0 Å². The molecule has 0 saturated heterocycles. The van der Waals surface area contributed by atoms with Crippen LogP contribution in [-0.4, -0.2) is 47.3 Å². The Labute approximate surface area is 156 Å². The van der Waals surface area contributed by atoms with Gasteiger partial charge in [-0.2, -0.15) is 11.8 Å². The summed E-state index contributed by atoms with van der Waals surface area (Å²) in [6, 6.07) is 0.556. The molecule has 0 amide bonds. The van der Waals surface area contributed by atoms with Crippen LogP contribution in [0, 0.1) is 5.92 Å². The van der Waals surface area contributed by atoms with E-state index in [1.54, 1.807) is 0 Å². The lowest BCUT2D eigenvalue weighted by atomic mass is 10.1. The number of aliphatic hydroxyl groups excluding tert-OH is 1. The fourth-order valence-electron chi connectivity index (χ4n) is 3.41. The molecule has 0 aromatic rings. The van der Waals surface area contributed by atoms with Gasteiger partial charge in [-0.25, -0.2) is 0 Å². The second-order valence-electron chi connectivity index (χ2n) is 6.21. The van der Waals surface area contributed by atoms with E-state index in [0.717, 1.165) is 43.6 Å². The van der Waals surface area contributed by atoms with Crippen LogP contribution in [0.25, 0.3) is 0 Å². The summed E-state index contributed by atoms with van der Waals surface area (Å²) in [7, 11) is 0. The van der Waals surface area contributed by atoms with E-state index in [2.05, 4.69) is 36.2 Å². The number of nitrogens with zero attached hydrogens (tertiary/aromatic N) is 1. The number of thioether (sulfide) groups is 1. The Bertz CT molecular complexity index is 343. The minimum absolute atomic E-state index is 0. The zero-order chi connectivity index (χ0) is 15.1. The first kappa shape index (κ1) is 20.4. The molecule has 130 valence electrons. The Kier molecular flexibility index (Phi) is 10.1. The highest BCUT2D eigenvalue weighted by Crippen LogP contribution is 2.29. The number of aliphatic imine (C=N–C) groups is 1. The first-order chi connectivity index (χ1) is 10.2. The van der Waals surface area contributed by atoms with Gasteiger partial charge in [0.2, 0.25) is 0 Å². The number of hydrogen-bond donors (Lipinski definition) is 3. The van der Waals surface area contributed by atoms with Crippen molar-refractivity contribution in [1.29, 1.82) is 0 Å². The average molecular weight is 441 g/mol. The topological polar surface area (TPSA) is 56.7 Å². The van der Waals surface area contributed by atoms with Crippen LogP contribution in [0.4, 0.5) is 0 Å². The fraction of sp³-hybridized carbons (Fsp3) is 0.938. The van der Waals surface area contributed by atoms with Crippen molar-refractivity contribution in [1.82, 2.24) is 10.6 Å². The molecule has 6 heteroatoms. The lowest BCUT2D eigenvalue weighted by Crippen LogP contribution is -2.43. The summed E-state index contributed by atoms with van der Waals surface area (Å²) >= 11 is 2.08. The van der Waals surface area contributed by atoms with Crippen molar-refractivity contribution in [3.8, 4) is 0 Å². The van der Waals surface area contributed by atoms with Gasteiger partial charge < -0.3 is 15.7 Å². The average Bonchev–Trinajstić information content (AvgIpc) is 3.06. The van der Waals surface area contributed by atoms with Crippen LogP contribution < -0.4 is 10.6 Å². The molecular formula is C16H32IN3OS. The van der Waals surface area contributed by atoms with Crippen molar-refractivity contribution in [2.75, 3.05) is 18.8 Å². The van der Waals surface area contributed by atoms with Gasteiger partial charge in [-0.15, -0.1) is 24.0 Å². The second-order valence-corrected chi connectivity index (χ2v) is 7.79. The number of halogens is 1. The molecule has 2 saturated carbocycles. The molecule has 0 heterocycles. The lowest BCUT2D eigenvalue weighted by molar-refractivity contribution is 0.136. The molecule has 0 bridgehead atoms. The monoisotopic (exact) mass is 441 g/mol. The van der Waals surface area contributed by atoms with Gasteiger partial charge in [-0.05, 0) is 44.8 Å². The fourth-order valence-corrected chi connectivity index (χ4v) is 4.55. The lowest BCUT2D eigenvalue weighted by Gasteiger charge is -2.18. The molecule has 4 atom stereocenters. The maximum Gasteiger partial charge on any atom is 0.191 e. The smallest absolute Gasteiger partial charge is 0.191 e. The summed E-state index contributed by atoms with van der Waals surface area (Å²) in [4.78, 5) is 4.71. The summed E-state index contributed by atoms with van der Waals surface area (Å²) in [5.74, 6) is 2.50. The standard InChI is InChI=1S/C16H31N3OS.HI/c1-3-17-16(18-11-12-6-5-7-15(12)20)19-13-8-9-14(10-13)21-4-2;/h12-15,20H,3-11H2,1-2H3,(H2,17,18,19);1H. The zero-order valence-corrected chi connectivity index (χ0v) is 17.0. The van der Waals surface area contributed by atoms with Gasteiger partial charge in [0, 0.05) is 30.3 Å². The van der Waals surface area contributed by atoms with Crippen molar-refractivity contribution in [2.45, 2.75) is 69.8 Å². The van der Waals surface area contributed by atoms with Crippen LogP contribution in [0.2, 0.25) is 0 Å². The Morgan fingerprint density at radius 1 is 1.23 bits per heavy atom. The molecule has 2 fully saturated rings. The van der Waals surface area contributed by atoms with Gasteiger partial charge in [0.15, 0.2) is 5.96 Å². The molecule has 0 radical (unpaired) electrons. The molecule has 2 aliphatic carbocycles. The van der Waals surface area contributed by atoms with Crippen molar-refractivity contribution >= 4 is 41.7 Å². The molecule has 4 unspecified atom stereocenters. The predicted octanol–water partition coefficient (Wildman–Crippen LogP) is 2.99. The Balaban J connectivity index is 0.00000242. The number of nitrogens with one attached hydrogen (secondary N) is 2. The summed E-state index contributed by atoms with van der Waals surface area (Å²) in [5.41, 5.74) is 0. The highest BCUT2D eigenvalue weighted by molar-refractivity contribution is 14.0. The molecular weight excluding hydrogens is 409 g/mol. The third kappa shape index (κ3) is 6.43. The summed E-state index contributed by atoms with van der Waals surface area (Å²) in [6.45, 7) is 5.98. The van der Waals surface area contributed by atoms with Gasteiger partial charge >= 0.3 is 0 Å². The largest absolute Gasteiger partial charge is 0.393 e. The first-order valence-electron chi connectivity index (χ1n) is 8.57. The molecule has 22 heavy (non-hydrogen) atoms. The normalized spacial score (nSPS) is 31.9. The minimum atomic E-state index is -0.145. The van der Waals surface area contributed by atoms with E-state index in [1.165, 1.54) is 25.0 Å². The summed E-state index contributed by atoms with van der Waals surface area (Å²) < 4.78 is 0. The van der Waals surface area contributed by atoms with Gasteiger partial charge in [0.25, 0.3) is 0 Å². The molecule has 3 N–H and O–H groups in total. The predicted molar refractivity (Wildman–Crippen MR) is 107 cm³/mol. The van der Waals surface area contributed by atoms with E-state index >= 15 is 0 Å². The molecule has 2 aliphatic rings. The van der Waals surface area contributed by atoms with Crippen LogP contribution in [0.5, 0.6) is 0 Å². The van der Waals surface area contributed by atoms with Crippen molar-refractivity contribution in [3.63, 3.8) is 0 Å². The van der Waals surface area contributed by atoms with E-state index in [1.807, 2.05) is 0 Å². The summed E-state index contributed by atoms with van der Waals surface area (Å²) in [5, 5.41) is 17.6. The zero-order valence-electron chi connectivity index (χ0n) is 13.9. The quantitative estimate of drug-likeness (QED) is 0.337. The minimum Gasteiger partial charge on any atom is -0.393 e. The molecule has 0 aromatic heterocycles. The van der Waals surface area contributed by atoms with E-state index < -0.39 is 0 Å². The van der Waals surface area contributed by atoms with E-state index in [9.17, 15) is 5.11 Å².